The third-order valence-electron chi connectivity index (χ3n) is 6.82. The quantitative estimate of drug-likeness (QED) is 0.387. The highest BCUT2D eigenvalue weighted by Gasteiger charge is 2.33. The van der Waals surface area contributed by atoms with Crippen LogP contribution in [0.25, 0.3) is 6.08 Å². The minimum absolute atomic E-state index is 0.0948. The van der Waals surface area contributed by atoms with Gasteiger partial charge in [0.05, 0.1) is 11.4 Å². The molecule has 0 spiro atoms. The van der Waals surface area contributed by atoms with Crippen LogP contribution in [0, 0.1) is 24.1 Å². The number of pyridine rings is 1. The van der Waals surface area contributed by atoms with E-state index < -0.39 is 0 Å². The van der Waals surface area contributed by atoms with Gasteiger partial charge in [0.1, 0.15) is 27.6 Å². The molecule has 1 aromatic carbocycles. The molecule has 37 heavy (non-hydrogen) atoms. The SMILES string of the molecule is CCCn1c(N2CCN(CC)CC2)c(/C=C2/SC(=S)N(Cc3ccc(F)cc3)C2=O)c(C)c(C#N)c1=O. The molecule has 1 amide bonds. The van der Waals surface area contributed by atoms with Crippen LogP contribution in [0.1, 0.15) is 42.5 Å². The number of aromatic nitrogens is 1. The first kappa shape index (κ1) is 27.0. The van der Waals surface area contributed by atoms with Crippen molar-refractivity contribution in [3.63, 3.8) is 0 Å². The summed E-state index contributed by atoms with van der Waals surface area (Å²) in [6.07, 6.45) is 2.52. The van der Waals surface area contributed by atoms with Crippen LogP contribution in [0.15, 0.2) is 34.0 Å². The number of halogens is 1. The van der Waals surface area contributed by atoms with E-state index in [9.17, 15) is 19.2 Å². The van der Waals surface area contributed by atoms with Gasteiger partial charge in [0.25, 0.3) is 11.5 Å². The zero-order valence-corrected chi connectivity index (χ0v) is 22.9. The maximum Gasteiger partial charge on any atom is 0.270 e. The minimum Gasteiger partial charge on any atom is -0.355 e. The third-order valence-corrected chi connectivity index (χ3v) is 8.19. The van der Waals surface area contributed by atoms with E-state index in [-0.39, 0.29) is 29.4 Å². The fourth-order valence-corrected chi connectivity index (χ4v) is 5.97. The number of nitriles is 1. The molecule has 2 aliphatic rings. The molecule has 7 nitrogen and oxygen atoms in total. The van der Waals surface area contributed by atoms with Gasteiger partial charge in [-0.1, -0.05) is 50.0 Å². The Balaban J connectivity index is 1.79. The van der Waals surface area contributed by atoms with Crippen molar-refractivity contribution in [1.82, 2.24) is 14.4 Å². The number of likely N-dealkylation sites (N-methyl/N-ethyl adjacent to an activating group) is 1. The summed E-state index contributed by atoms with van der Waals surface area (Å²) in [6.45, 7) is 10.8. The van der Waals surface area contributed by atoms with Crippen molar-refractivity contribution in [3.05, 3.63) is 67.6 Å². The van der Waals surface area contributed by atoms with Gasteiger partial charge in [0, 0.05) is 38.3 Å². The van der Waals surface area contributed by atoms with Gasteiger partial charge in [0.2, 0.25) is 0 Å². The van der Waals surface area contributed by atoms with Gasteiger partial charge >= 0.3 is 0 Å². The molecule has 0 bridgehead atoms. The lowest BCUT2D eigenvalue weighted by molar-refractivity contribution is -0.122. The topological polar surface area (TPSA) is 72.6 Å². The standard InChI is InChI=1S/C27H30FN5O2S2/c1-4-10-32-24(31-13-11-30(5-2)12-14-31)21(18(3)22(16-29)25(32)34)15-23-26(35)33(27(36)37-23)17-19-6-8-20(28)9-7-19/h6-9,15H,4-5,10-14,17H2,1-3H3/b23-15+. The molecule has 0 atom stereocenters. The zero-order valence-electron chi connectivity index (χ0n) is 21.3. The van der Waals surface area contributed by atoms with Crippen LogP contribution < -0.4 is 10.5 Å². The summed E-state index contributed by atoms with van der Waals surface area (Å²) < 4.78 is 15.4. The predicted octanol–water partition coefficient (Wildman–Crippen LogP) is 4.12. The molecule has 10 heteroatoms. The van der Waals surface area contributed by atoms with Crippen LogP contribution in [0.5, 0.6) is 0 Å². The lowest BCUT2D eigenvalue weighted by Gasteiger charge is -2.37. The van der Waals surface area contributed by atoms with Crippen molar-refractivity contribution in [1.29, 1.82) is 5.26 Å². The van der Waals surface area contributed by atoms with E-state index >= 15 is 0 Å². The van der Waals surface area contributed by atoms with Gasteiger partial charge < -0.3 is 9.80 Å². The lowest BCUT2D eigenvalue weighted by atomic mass is 10.0. The van der Waals surface area contributed by atoms with Crippen LogP contribution in [0.4, 0.5) is 10.2 Å². The average molecular weight is 540 g/mol. The Kier molecular flexibility index (Phi) is 8.47. The number of thiocarbonyl (C=S) groups is 1. The number of anilines is 1. The smallest absolute Gasteiger partial charge is 0.270 e. The Hall–Kier alpha value is -3.00. The Bertz CT molecular complexity index is 1340. The Morgan fingerprint density at radius 1 is 1.14 bits per heavy atom. The van der Waals surface area contributed by atoms with E-state index in [0.29, 0.717) is 26.9 Å². The highest BCUT2D eigenvalue weighted by atomic mass is 32.2. The molecule has 0 N–H and O–H groups in total. The van der Waals surface area contributed by atoms with E-state index in [4.69, 9.17) is 12.2 Å². The van der Waals surface area contributed by atoms with Gasteiger partial charge in [-0.25, -0.2) is 4.39 Å². The van der Waals surface area contributed by atoms with Crippen molar-refractivity contribution in [2.24, 2.45) is 0 Å². The highest BCUT2D eigenvalue weighted by Crippen LogP contribution is 2.36. The molecule has 0 radical (unpaired) electrons. The molecule has 0 unspecified atom stereocenters. The number of piperazine rings is 1. The fraction of sp³-hybridized carbons (Fsp3) is 0.407. The molecule has 4 rings (SSSR count). The highest BCUT2D eigenvalue weighted by molar-refractivity contribution is 8.26. The summed E-state index contributed by atoms with van der Waals surface area (Å²) in [5.74, 6) is 0.169. The van der Waals surface area contributed by atoms with E-state index in [2.05, 4.69) is 22.8 Å². The molecule has 1 aromatic heterocycles. The number of amides is 1. The summed E-state index contributed by atoms with van der Waals surface area (Å²) in [4.78, 5) is 33.3. The van der Waals surface area contributed by atoms with Gasteiger partial charge in [-0.15, -0.1) is 0 Å². The number of nitrogens with zero attached hydrogens (tertiary/aromatic N) is 5. The normalized spacial score (nSPS) is 17.6. The molecule has 0 saturated carbocycles. The number of thioether (sulfide) groups is 1. The maximum absolute atomic E-state index is 13.4. The van der Waals surface area contributed by atoms with Gasteiger partial charge in [0.15, 0.2) is 0 Å². The Morgan fingerprint density at radius 3 is 2.41 bits per heavy atom. The van der Waals surface area contributed by atoms with Crippen molar-refractivity contribution >= 4 is 46.1 Å². The molecule has 2 aromatic rings. The first-order chi connectivity index (χ1) is 17.8. The predicted molar refractivity (Wildman–Crippen MR) is 150 cm³/mol. The molecule has 0 aliphatic carbocycles. The molecular formula is C27H30FN5O2S2. The Morgan fingerprint density at radius 2 is 1.81 bits per heavy atom. The largest absolute Gasteiger partial charge is 0.355 e. The summed E-state index contributed by atoms with van der Waals surface area (Å²) in [6, 6.07) is 8.08. The van der Waals surface area contributed by atoms with Crippen molar-refractivity contribution in [2.75, 3.05) is 37.6 Å². The number of carbonyl (C=O) groups is 1. The minimum atomic E-state index is -0.340. The fourth-order valence-electron chi connectivity index (χ4n) is 4.73. The summed E-state index contributed by atoms with van der Waals surface area (Å²) in [7, 11) is 0. The third kappa shape index (κ3) is 5.49. The van der Waals surface area contributed by atoms with Gasteiger partial charge in [-0.3, -0.25) is 19.1 Å². The molecule has 2 saturated heterocycles. The molecular weight excluding hydrogens is 509 g/mol. The average Bonchev–Trinajstić information content (AvgIpc) is 3.16. The van der Waals surface area contributed by atoms with Gasteiger partial charge in [-0.2, -0.15) is 5.26 Å². The number of hydrogen-bond donors (Lipinski definition) is 0. The molecule has 2 fully saturated rings. The summed E-state index contributed by atoms with van der Waals surface area (Å²) >= 11 is 6.72. The van der Waals surface area contributed by atoms with Crippen molar-refractivity contribution < 1.29 is 9.18 Å². The first-order valence-electron chi connectivity index (χ1n) is 12.4. The summed E-state index contributed by atoms with van der Waals surface area (Å²) in [5.41, 5.74) is 1.84. The van der Waals surface area contributed by atoms with E-state index in [1.165, 1.54) is 28.8 Å². The zero-order chi connectivity index (χ0) is 26.7. The van der Waals surface area contributed by atoms with E-state index in [1.54, 1.807) is 29.7 Å². The van der Waals surface area contributed by atoms with Gasteiger partial charge in [-0.05, 0) is 49.2 Å². The second kappa shape index (κ2) is 11.6. The number of benzene rings is 1. The lowest BCUT2D eigenvalue weighted by Crippen LogP contribution is -2.48. The molecule has 3 heterocycles. The number of hydrogen-bond acceptors (Lipinski definition) is 7. The maximum atomic E-state index is 13.4. The number of rotatable bonds is 7. The van der Waals surface area contributed by atoms with Crippen molar-refractivity contribution in [2.45, 2.75) is 40.3 Å². The van der Waals surface area contributed by atoms with Crippen LogP contribution in [-0.2, 0) is 17.9 Å². The second-order valence-corrected chi connectivity index (χ2v) is 10.8. The van der Waals surface area contributed by atoms with Crippen LogP contribution in [0.3, 0.4) is 0 Å². The van der Waals surface area contributed by atoms with Crippen LogP contribution in [-0.4, -0.2) is 57.3 Å². The monoisotopic (exact) mass is 539 g/mol. The summed E-state index contributed by atoms with van der Waals surface area (Å²) in [5, 5.41) is 9.83. The Labute approximate surface area is 226 Å². The molecule has 194 valence electrons. The van der Waals surface area contributed by atoms with E-state index in [1.807, 2.05) is 6.92 Å². The first-order valence-corrected chi connectivity index (χ1v) is 13.7. The van der Waals surface area contributed by atoms with Crippen LogP contribution >= 0.6 is 24.0 Å². The molecule has 2 aliphatic heterocycles. The second-order valence-electron chi connectivity index (χ2n) is 9.12. The number of carbonyl (C=O) groups excluding carboxylic acids is 1. The van der Waals surface area contributed by atoms with Crippen LogP contribution in [0.2, 0.25) is 0 Å². The van der Waals surface area contributed by atoms with Crippen molar-refractivity contribution in [3.8, 4) is 6.07 Å². The van der Waals surface area contributed by atoms with E-state index in [0.717, 1.165) is 50.5 Å².